The molecule has 0 saturated heterocycles. The zero-order valence-electron chi connectivity index (χ0n) is 15.5. The van der Waals surface area contributed by atoms with Crippen molar-refractivity contribution in [3.05, 3.63) is 62.0 Å². The summed E-state index contributed by atoms with van der Waals surface area (Å²) in [5.74, 6) is -0.233. The molecule has 0 aliphatic rings. The first-order valence-electron chi connectivity index (χ1n) is 8.36. The van der Waals surface area contributed by atoms with Crippen molar-refractivity contribution in [3.8, 4) is 0 Å². The topological polar surface area (TPSA) is 82.1 Å². The summed E-state index contributed by atoms with van der Waals surface area (Å²) in [5, 5.41) is -0.0163. The van der Waals surface area contributed by atoms with Crippen LogP contribution in [-0.2, 0) is 25.4 Å². The van der Waals surface area contributed by atoms with E-state index < -0.39 is 11.2 Å². The van der Waals surface area contributed by atoms with Gasteiger partial charge >= 0.3 is 5.69 Å². The normalized spacial score (nSPS) is 12.3. The highest BCUT2D eigenvalue weighted by Gasteiger charge is 2.23. The average molecular weight is 390 g/mol. The summed E-state index contributed by atoms with van der Waals surface area (Å²) in [6, 6.07) is 9.47. The Morgan fingerprint density at radius 1 is 1.19 bits per heavy atom. The zero-order chi connectivity index (χ0) is 19.9. The van der Waals surface area contributed by atoms with E-state index in [0.717, 1.165) is 10.1 Å². The van der Waals surface area contributed by atoms with Gasteiger partial charge in [0, 0.05) is 21.1 Å². The van der Waals surface area contributed by atoms with Crippen LogP contribution in [0.15, 0.2) is 39.9 Å². The molecular formula is C18H20ClN5O3. The van der Waals surface area contributed by atoms with Crippen LogP contribution < -0.4 is 11.2 Å². The van der Waals surface area contributed by atoms with Gasteiger partial charge in [0.1, 0.15) is 6.54 Å². The number of nitrogens with zero attached hydrogens (tertiary/aromatic N) is 5. The molecule has 1 aromatic carbocycles. The third-order valence-electron chi connectivity index (χ3n) is 4.85. The minimum Gasteiger partial charge on any atom is -0.337 e. The SMILES string of the molecule is C[C@@H](c1ccccc1)N(C)C(=O)Cn1c(Cl)nc2c1c(=O)n(C)c(=O)n2C. The van der Waals surface area contributed by atoms with Crippen molar-refractivity contribution in [3.63, 3.8) is 0 Å². The van der Waals surface area contributed by atoms with Crippen molar-refractivity contribution in [1.29, 1.82) is 0 Å². The van der Waals surface area contributed by atoms with Crippen molar-refractivity contribution in [2.24, 2.45) is 14.1 Å². The third-order valence-corrected chi connectivity index (χ3v) is 5.14. The maximum atomic E-state index is 12.8. The highest BCUT2D eigenvalue weighted by Crippen LogP contribution is 2.20. The van der Waals surface area contributed by atoms with Crippen molar-refractivity contribution >= 4 is 28.7 Å². The number of hydrogen-bond donors (Lipinski definition) is 0. The van der Waals surface area contributed by atoms with E-state index in [0.29, 0.717) is 0 Å². The molecule has 0 N–H and O–H groups in total. The van der Waals surface area contributed by atoms with Gasteiger partial charge < -0.3 is 4.90 Å². The van der Waals surface area contributed by atoms with Gasteiger partial charge in [-0.25, -0.2) is 4.79 Å². The molecule has 8 nitrogen and oxygen atoms in total. The van der Waals surface area contributed by atoms with Gasteiger partial charge in [-0.1, -0.05) is 30.3 Å². The number of rotatable bonds is 4. The quantitative estimate of drug-likeness (QED) is 0.630. The van der Waals surface area contributed by atoms with Crippen LogP contribution in [-0.4, -0.2) is 36.5 Å². The van der Waals surface area contributed by atoms with Crippen LogP contribution >= 0.6 is 11.6 Å². The largest absolute Gasteiger partial charge is 0.337 e. The van der Waals surface area contributed by atoms with Gasteiger partial charge in [0.2, 0.25) is 11.2 Å². The summed E-state index contributed by atoms with van der Waals surface area (Å²) >= 11 is 6.18. The number of amides is 1. The Morgan fingerprint density at radius 2 is 1.81 bits per heavy atom. The Labute approximate surface area is 160 Å². The summed E-state index contributed by atoms with van der Waals surface area (Å²) in [6.07, 6.45) is 0. The second-order valence-electron chi connectivity index (χ2n) is 6.44. The van der Waals surface area contributed by atoms with E-state index in [1.54, 1.807) is 11.9 Å². The number of benzene rings is 1. The molecule has 0 unspecified atom stereocenters. The molecule has 0 radical (unpaired) electrons. The van der Waals surface area contributed by atoms with Gasteiger partial charge in [-0.2, -0.15) is 4.98 Å². The maximum Gasteiger partial charge on any atom is 0.332 e. The van der Waals surface area contributed by atoms with Crippen LogP contribution in [0.5, 0.6) is 0 Å². The van der Waals surface area contributed by atoms with Crippen LogP contribution in [0.4, 0.5) is 0 Å². The number of imidazole rings is 1. The maximum absolute atomic E-state index is 12.8. The Balaban J connectivity index is 2.00. The average Bonchev–Trinajstić information content (AvgIpc) is 3.00. The van der Waals surface area contributed by atoms with Gasteiger partial charge in [0.05, 0.1) is 6.04 Å². The fourth-order valence-electron chi connectivity index (χ4n) is 2.98. The first-order valence-corrected chi connectivity index (χ1v) is 8.74. The molecule has 0 bridgehead atoms. The van der Waals surface area contributed by atoms with E-state index in [-0.39, 0.29) is 34.9 Å². The molecule has 2 heterocycles. The van der Waals surface area contributed by atoms with Crippen molar-refractivity contribution in [1.82, 2.24) is 23.6 Å². The minimum atomic E-state index is -0.543. The molecule has 9 heteroatoms. The summed E-state index contributed by atoms with van der Waals surface area (Å²) in [7, 11) is 4.57. The van der Waals surface area contributed by atoms with Crippen molar-refractivity contribution in [2.75, 3.05) is 7.05 Å². The van der Waals surface area contributed by atoms with E-state index in [4.69, 9.17) is 11.6 Å². The smallest absolute Gasteiger partial charge is 0.332 e. The second-order valence-corrected chi connectivity index (χ2v) is 6.77. The molecule has 27 heavy (non-hydrogen) atoms. The van der Waals surface area contributed by atoms with Crippen LogP contribution in [0, 0.1) is 0 Å². The summed E-state index contributed by atoms with van der Waals surface area (Å²) in [4.78, 5) is 43.1. The first kappa shape index (κ1) is 18.9. The van der Waals surface area contributed by atoms with Crippen molar-refractivity contribution in [2.45, 2.75) is 19.5 Å². The van der Waals surface area contributed by atoms with E-state index >= 15 is 0 Å². The second kappa shape index (κ2) is 7.03. The van der Waals surface area contributed by atoms with Gasteiger partial charge in [-0.3, -0.25) is 23.3 Å². The Hall–Kier alpha value is -2.87. The lowest BCUT2D eigenvalue weighted by Crippen LogP contribution is -2.38. The third kappa shape index (κ3) is 3.16. The zero-order valence-corrected chi connectivity index (χ0v) is 16.3. The lowest BCUT2D eigenvalue weighted by Gasteiger charge is -2.25. The molecule has 3 rings (SSSR count). The number of aryl methyl sites for hydroxylation is 1. The summed E-state index contributed by atoms with van der Waals surface area (Å²) < 4.78 is 3.55. The highest BCUT2D eigenvalue weighted by atomic mass is 35.5. The summed E-state index contributed by atoms with van der Waals surface area (Å²) in [5.41, 5.74) is 0.223. The standard InChI is InChI=1S/C18H20ClN5O3/c1-11(12-8-6-5-7-9-12)21(2)13(25)10-24-14-15(20-17(24)19)22(3)18(27)23(4)16(14)26/h5-9,11H,10H2,1-4H3/t11-/m0/s1. The fraction of sp³-hybridized carbons (Fsp3) is 0.333. The fourth-order valence-corrected chi connectivity index (χ4v) is 3.21. The molecule has 1 amide bonds. The predicted octanol–water partition coefficient (Wildman–Crippen LogP) is 1.31. The van der Waals surface area contributed by atoms with Gasteiger partial charge in [0.15, 0.2) is 11.2 Å². The number of carbonyl (C=O) groups is 1. The molecule has 0 spiro atoms. The number of aromatic nitrogens is 4. The lowest BCUT2D eigenvalue weighted by molar-refractivity contribution is -0.132. The van der Waals surface area contributed by atoms with E-state index in [2.05, 4.69) is 4.98 Å². The minimum absolute atomic E-state index is 0.0163. The summed E-state index contributed by atoms with van der Waals surface area (Å²) in [6.45, 7) is 1.76. The molecule has 0 saturated carbocycles. The van der Waals surface area contributed by atoms with E-state index in [1.165, 1.54) is 23.2 Å². The Morgan fingerprint density at radius 3 is 2.44 bits per heavy atom. The van der Waals surface area contributed by atoms with Crippen LogP contribution in [0.2, 0.25) is 5.28 Å². The van der Waals surface area contributed by atoms with Gasteiger partial charge in [0.25, 0.3) is 5.56 Å². The molecule has 142 valence electrons. The van der Waals surface area contributed by atoms with Crippen molar-refractivity contribution < 1.29 is 4.79 Å². The number of carbonyl (C=O) groups excluding carboxylic acids is 1. The Kier molecular flexibility index (Phi) is 4.93. The van der Waals surface area contributed by atoms with Gasteiger partial charge in [-0.05, 0) is 24.1 Å². The molecular weight excluding hydrogens is 370 g/mol. The number of halogens is 1. The lowest BCUT2D eigenvalue weighted by atomic mass is 10.1. The van der Waals surface area contributed by atoms with E-state index in [1.807, 2.05) is 37.3 Å². The first-order chi connectivity index (χ1) is 12.7. The number of fused-ring (bicyclic) bond motifs is 1. The molecule has 3 aromatic rings. The number of likely N-dealkylation sites (N-methyl/N-ethyl adjacent to an activating group) is 1. The van der Waals surface area contributed by atoms with Crippen LogP contribution in [0.3, 0.4) is 0 Å². The van der Waals surface area contributed by atoms with Crippen LogP contribution in [0.1, 0.15) is 18.5 Å². The van der Waals surface area contributed by atoms with Crippen LogP contribution in [0.25, 0.3) is 11.2 Å². The molecule has 0 aliphatic heterocycles. The molecule has 2 aromatic heterocycles. The number of hydrogen-bond acceptors (Lipinski definition) is 4. The van der Waals surface area contributed by atoms with E-state index in [9.17, 15) is 14.4 Å². The van der Waals surface area contributed by atoms with Gasteiger partial charge in [-0.15, -0.1) is 0 Å². The molecule has 0 fully saturated rings. The highest BCUT2D eigenvalue weighted by molar-refractivity contribution is 6.29. The predicted molar refractivity (Wildman–Crippen MR) is 103 cm³/mol. The molecule has 0 aliphatic carbocycles. The Bertz CT molecular complexity index is 1130. The molecule has 1 atom stereocenters. The monoisotopic (exact) mass is 389 g/mol.